The van der Waals surface area contributed by atoms with Crippen LogP contribution in [0.25, 0.3) is 0 Å². The number of benzene rings is 4. The van der Waals surface area contributed by atoms with E-state index >= 15 is 0 Å². The number of nitrogens with one attached hydrogen (secondary N) is 2. The number of rotatable bonds is 7. The minimum Gasteiger partial charge on any atom is -0.378 e. The van der Waals surface area contributed by atoms with E-state index in [-0.39, 0.29) is 12.3 Å². The predicted molar refractivity (Wildman–Crippen MR) is 163 cm³/mol. The Morgan fingerprint density at radius 3 is 2.34 bits per heavy atom. The first-order valence-corrected chi connectivity index (χ1v) is 13.3. The van der Waals surface area contributed by atoms with Crippen LogP contribution in [0.15, 0.2) is 108 Å². The molecule has 0 aromatic heterocycles. The lowest BCUT2D eigenvalue weighted by Crippen LogP contribution is -2.50. The van der Waals surface area contributed by atoms with Gasteiger partial charge in [-0.1, -0.05) is 78.9 Å². The smallest absolute Gasteiger partial charge is 0.321 e. The van der Waals surface area contributed by atoms with E-state index < -0.39 is 18.1 Å². The molecule has 0 bridgehead atoms. The summed E-state index contributed by atoms with van der Waals surface area (Å²) in [7, 11) is 3.82. The number of Topliss-reactive ketones (excluding diaryl/α,β-unsaturated/α-hetero) is 1. The van der Waals surface area contributed by atoms with Gasteiger partial charge in [0.2, 0.25) is 6.17 Å². The fourth-order valence-corrected chi connectivity index (χ4v) is 4.78. The van der Waals surface area contributed by atoms with Crippen LogP contribution in [0.4, 0.5) is 21.9 Å². The topological polar surface area (TPSA) is 94.1 Å². The van der Waals surface area contributed by atoms with E-state index in [0.717, 1.165) is 16.8 Å². The quantitative estimate of drug-likeness (QED) is 0.309. The van der Waals surface area contributed by atoms with E-state index in [4.69, 9.17) is 4.99 Å². The minimum atomic E-state index is -1.28. The lowest BCUT2D eigenvalue weighted by molar-refractivity contribution is -0.120. The number of ketones is 1. The summed E-state index contributed by atoms with van der Waals surface area (Å²) in [4.78, 5) is 48.9. The highest BCUT2D eigenvalue weighted by molar-refractivity contribution is 6.21. The molecule has 0 aliphatic carbocycles. The Hall–Kier alpha value is -5.24. The van der Waals surface area contributed by atoms with Crippen molar-refractivity contribution in [1.29, 1.82) is 0 Å². The lowest BCUT2D eigenvalue weighted by Gasteiger charge is -2.25. The first-order chi connectivity index (χ1) is 19.8. The third kappa shape index (κ3) is 6.01. The Morgan fingerprint density at radius 1 is 0.878 bits per heavy atom. The Morgan fingerprint density at radius 2 is 1.59 bits per heavy atom. The van der Waals surface area contributed by atoms with Gasteiger partial charge in [-0.05, 0) is 36.8 Å². The molecule has 8 heteroatoms. The lowest BCUT2D eigenvalue weighted by atomic mass is 9.99. The van der Waals surface area contributed by atoms with Crippen molar-refractivity contribution in [2.45, 2.75) is 13.1 Å². The van der Waals surface area contributed by atoms with Gasteiger partial charge in [0.25, 0.3) is 5.91 Å². The van der Waals surface area contributed by atoms with E-state index in [1.165, 1.54) is 4.90 Å². The number of aliphatic imine (C=N–C) groups is 1. The molecule has 1 atom stereocenters. The van der Waals surface area contributed by atoms with Crippen molar-refractivity contribution in [3.63, 3.8) is 0 Å². The number of hydrogen-bond donors (Lipinski definition) is 2. The maximum atomic E-state index is 14.1. The molecule has 0 saturated heterocycles. The van der Waals surface area contributed by atoms with Crippen LogP contribution >= 0.6 is 0 Å². The average Bonchev–Trinajstić information content (AvgIpc) is 3.08. The first-order valence-electron chi connectivity index (χ1n) is 13.3. The number of aryl methyl sites for hydroxylation is 1. The van der Waals surface area contributed by atoms with Crippen LogP contribution in [-0.4, -0.2) is 50.2 Å². The second-order valence-electron chi connectivity index (χ2n) is 9.97. The normalized spacial score (nSPS) is 14.4. The van der Waals surface area contributed by atoms with Gasteiger partial charge in [-0.15, -0.1) is 0 Å². The molecular weight excluding hydrogens is 514 g/mol. The molecule has 1 aliphatic heterocycles. The Balaban J connectivity index is 1.52. The van der Waals surface area contributed by atoms with Gasteiger partial charge in [0.1, 0.15) is 0 Å². The Bertz CT molecular complexity index is 1630. The van der Waals surface area contributed by atoms with Crippen molar-refractivity contribution in [2.75, 3.05) is 35.8 Å². The Kier molecular flexibility index (Phi) is 7.92. The third-order valence-electron chi connectivity index (χ3n) is 6.89. The van der Waals surface area contributed by atoms with E-state index in [9.17, 15) is 14.4 Å². The van der Waals surface area contributed by atoms with Crippen molar-refractivity contribution in [1.82, 2.24) is 5.32 Å². The van der Waals surface area contributed by atoms with Crippen molar-refractivity contribution in [3.05, 3.63) is 125 Å². The number of nitrogens with zero attached hydrogens (tertiary/aromatic N) is 3. The SMILES string of the molecule is Cc1ccccc1C(=O)CN1C(=O)C(NC(=O)Nc2cccc(N(C)C)c2)N=C(c2ccccc2)c2ccccc21. The zero-order valence-electron chi connectivity index (χ0n) is 23.2. The summed E-state index contributed by atoms with van der Waals surface area (Å²) in [5, 5.41) is 5.55. The zero-order chi connectivity index (χ0) is 28.9. The van der Waals surface area contributed by atoms with Gasteiger partial charge in [0.15, 0.2) is 5.78 Å². The molecule has 0 fully saturated rings. The molecule has 206 valence electrons. The summed E-state index contributed by atoms with van der Waals surface area (Å²) in [5.74, 6) is -0.722. The number of hydrogen-bond acceptors (Lipinski definition) is 5. The second-order valence-corrected chi connectivity index (χ2v) is 9.97. The molecule has 41 heavy (non-hydrogen) atoms. The highest BCUT2D eigenvalue weighted by atomic mass is 16.2. The van der Waals surface area contributed by atoms with Gasteiger partial charge in [0.05, 0.1) is 17.9 Å². The molecule has 0 saturated carbocycles. The van der Waals surface area contributed by atoms with Crippen LogP contribution in [0, 0.1) is 6.92 Å². The third-order valence-corrected chi connectivity index (χ3v) is 6.89. The maximum Gasteiger partial charge on any atom is 0.321 e. The molecule has 4 aromatic rings. The zero-order valence-corrected chi connectivity index (χ0v) is 23.2. The van der Waals surface area contributed by atoms with Gasteiger partial charge in [-0.25, -0.2) is 9.79 Å². The maximum absolute atomic E-state index is 14.1. The molecule has 0 radical (unpaired) electrons. The summed E-state index contributed by atoms with van der Waals surface area (Å²) >= 11 is 0. The number of carbonyl (C=O) groups excluding carboxylic acids is 3. The Labute approximate surface area is 239 Å². The number of anilines is 3. The number of fused-ring (bicyclic) bond motifs is 1. The number of benzodiazepines with no additional fused rings is 1. The molecule has 4 aromatic carbocycles. The van der Waals surface area contributed by atoms with Gasteiger partial charge in [0, 0.05) is 42.2 Å². The second kappa shape index (κ2) is 11.9. The largest absolute Gasteiger partial charge is 0.378 e. The van der Waals surface area contributed by atoms with E-state index in [1.807, 2.05) is 105 Å². The summed E-state index contributed by atoms with van der Waals surface area (Å²) in [6.07, 6.45) is -1.28. The number of carbonyl (C=O) groups is 3. The van der Waals surface area contributed by atoms with Crippen molar-refractivity contribution in [2.24, 2.45) is 4.99 Å². The highest BCUT2D eigenvalue weighted by Crippen LogP contribution is 2.29. The molecule has 0 spiro atoms. The standard InChI is InChI=1S/C33H31N5O3/c1-22-12-7-8-17-26(22)29(39)21-38-28-19-10-9-18-27(28)30(23-13-5-4-6-14-23)35-31(32(38)40)36-33(41)34-24-15-11-16-25(20-24)37(2)3/h4-20,31H,21H2,1-3H3,(H2,34,36,41). The fraction of sp³-hybridized carbons (Fsp3) is 0.152. The fourth-order valence-electron chi connectivity index (χ4n) is 4.78. The average molecular weight is 546 g/mol. The van der Waals surface area contributed by atoms with Gasteiger partial charge < -0.3 is 20.4 Å². The summed E-state index contributed by atoms with van der Waals surface area (Å²) < 4.78 is 0. The molecule has 3 amide bonds. The molecule has 1 heterocycles. The van der Waals surface area contributed by atoms with Crippen LogP contribution in [0.2, 0.25) is 0 Å². The van der Waals surface area contributed by atoms with Crippen LogP contribution in [0.3, 0.4) is 0 Å². The number of amides is 3. The van der Waals surface area contributed by atoms with Crippen LogP contribution in [0.5, 0.6) is 0 Å². The monoisotopic (exact) mass is 545 g/mol. The molecule has 1 aliphatic rings. The van der Waals surface area contributed by atoms with Gasteiger partial charge >= 0.3 is 6.03 Å². The molecule has 5 rings (SSSR count). The van der Waals surface area contributed by atoms with Gasteiger partial charge in [-0.2, -0.15) is 0 Å². The minimum absolute atomic E-state index is 0.205. The van der Waals surface area contributed by atoms with Crippen LogP contribution in [0.1, 0.15) is 27.0 Å². The van der Waals surface area contributed by atoms with E-state index in [2.05, 4.69) is 10.6 Å². The van der Waals surface area contributed by atoms with Crippen molar-refractivity contribution in [3.8, 4) is 0 Å². The van der Waals surface area contributed by atoms with E-state index in [1.54, 1.807) is 24.3 Å². The predicted octanol–water partition coefficient (Wildman–Crippen LogP) is 5.28. The van der Waals surface area contributed by atoms with Crippen molar-refractivity contribution < 1.29 is 14.4 Å². The van der Waals surface area contributed by atoms with Crippen molar-refractivity contribution >= 4 is 40.5 Å². The number of urea groups is 1. The van der Waals surface area contributed by atoms with E-state index in [0.29, 0.717) is 28.2 Å². The highest BCUT2D eigenvalue weighted by Gasteiger charge is 2.34. The summed E-state index contributed by atoms with van der Waals surface area (Å²) in [6, 6.07) is 30.9. The molecular formula is C33H31N5O3. The first kappa shape index (κ1) is 27.3. The molecule has 2 N–H and O–H groups in total. The summed E-state index contributed by atoms with van der Waals surface area (Å²) in [5.41, 5.74) is 5.40. The van der Waals surface area contributed by atoms with Crippen LogP contribution in [-0.2, 0) is 4.79 Å². The van der Waals surface area contributed by atoms with Gasteiger partial charge in [-0.3, -0.25) is 9.59 Å². The number of para-hydroxylation sites is 1. The summed E-state index contributed by atoms with van der Waals surface area (Å²) in [6.45, 7) is 1.66. The van der Waals surface area contributed by atoms with Crippen LogP contribution < -0.4 is 20.4 Å². The molecule has 8 nitrogen and oxygen atoms in total. The molecule has 1 unspecified atom stereocenters.